The van der Waals surface area contributed by atoms with Gasteiger partial charge in [0, 0.05) is 13.2 Å². The van der Waals surface area contributed by atoms with E-state index in [1.54, 1.807) is 22.9 Å². The second kappa shape index (κ2) is 19.0. The molecule has 0 aliphatic rings. The fourth-order valence-electron chi connectivity index (χ4n) is 2.07. The molecule has 29 heavy (non-hydrogen) atoms. The lowest BCUT2D eigenvalue weighted by atomic mass is 10.2. The van der Waals surface area contributed by atoms with Crippen LogP contribution in [0, 0.1) is 6.92 Å². The topological polar surface area (TPSA) is 84.5 Å². The molecule has 0 spiro atoms. The van der Waals surface area contributed by atoms with Crippen molar-refractivity contribution in [2.45, 2.75) is 13.3 Å². The molecule has 9 heteroatoms. The quantitative estimate of drug-likeness (QED) is 0.169. The first-order valence-corrected chi connectivity index (χ1v) is 10.8. The Hall–Kier alpha value is -0.980. The molecule has 1 N–H and O–H groups in total. The van der Waals surface area contributed by atoms with Crippen LogP contribution in [0.3, 0.4) is 0 Å². The third-order valence-corrected chi connectivity index (χ3v) is 4.15. The first-order chi connectivity index (χ1) is 14.2. The van der Waals surface area contributed by atoms with Crippen molar-refractivity contribution in [2.24, 2.45) is 0 Å². The van der Waals surface area contributed by atoms with Crippen molar-refractivity contribution in [1.29, 1.82) is 0 Å². The summed E-state index contributed by atoms with van der Waals surface area (Å²) in [6, 6.07) is 7.94. The van der Waals surface area contributed by atoms with Crippen molar-refractivity contribution in [2.75, 3.05) is 72.7 Å². The Balaban J connectivity index is 1.72. The van der Waals surface area contributed by atoms with Gasteiger partial charge >= 0.3 is 0 Å². The number of amides is 1. The summed E-state index contributed by atoms with van der Waals surface area (Å²) in [5.41, 5.74) is 1.21. The number of carbonyl (C=O) groups excluding carboxylic acids is 1. The molecular formula is C20H32INO7. The molecule has 1 rings (SSSR count). The number of halogens is 1. The lowest BCUT2D eigenvalue weighted by Crippen LogP contribution is -2.19. The van der Waals surface area contributed by atoms with Gasteiger partial charge in [-0.3, -0.25) is 8.32 Å². The lowest BCUT2D eigenvalue weighted by Gasteiger charge is -2.08. The SMILES string of the molecule is Cc1ccc(OCCOCCOCCOCCOCCCOCC(=O)NI)cc1. The highest BCUT2D eigenvalue weighted by Gasteiger charge is 1.98. The summed E-state index contributed by atoms with van der Waals surface area (Å²) in [7, 11) is 0. The number of ether oxygens (including phenoxy) is 6. The van der Waals surface area contributed by atoms with Crippen molar-refractivity contribution in [3.8, 4) is 5.75 Å². The molecule has 166 valence electrons. The first kappa shape index (κ1) is 26.1. The average Bonchev–Trinajstić information content (AvgIpc) is 2.74. The van der Waals surface area contributed by atoms with E-state index in [0.717, 1.165) is 12.2 Å². The predicted octanol–water partition coefficient (Wildman–Crippen LogP) is 2.31. The van der Waals surface area contributed by atoms with E-state index in [1.165, 1.54) is 5.56 Å². The Morgan fingerprint density at radius 3 is 1.79 bits per heavy atom. The van der Waals surface area contributed by atoms with Crippen LogP contribution >= 0.6 is 22.9 Å². The Bertz CT molecular complexity index is 516. The van der Waals surface area contributed by atoms with E-state index in [1.807, 2.05) is 31.2 Å². The maximum absolute atomic E-state index is 10.9. The molecule has 0 saturated carbocycles. The van der Waals surface area contributed by atoms with Gasteiger partial charge in [-0.25, -0.2) is 0 Å². The zero-order valence-electron chi connectivity index (χ0n) is 17.0. The molecule has 0 unspecified atom stereocenters. The highest BCUT2D eigenvalue weighted by Crippen LogP contribution is 2.10. The molecule has 0 aliphatic carbocycles. The molecular weight excluding hydrogens is 493 g/mol. The zero-order chi connectivity index (χ0) is 21.0. The molecule has 1 amide bonds. The highest BCUT2D eigenvalue weighted by molar-refractivity contribution is 14.1. The number of nitrogens with one attached hydrogen (secondary N) is 1. The van der Waals surface area contributed by atoms with E-state index in [2.05, 4.69) is 3.53 Å². The standard InChI is InChI=1S/C20H32INO7/c1-18-3-5-19(6-4-18)29-16-15-27-14-13-26-12-11-25-10-9-24-7-2-8-28-17-20(23)22-21/h3-6H,2,7-17H2,1H3,(H,22,23). The minimum Gasteiger partial charge on any atom is -0.491 e. The molecule has 1 aromatic rings. The van der Waals surface area contributed by atoms with Crippen LogP contribution in [0.15, 0.2) is 24.3 Å². The van der Waals surface area contributed by atoms with Crippen molar-refractivity contribution < 1.29 is 33.2 Å². The van der Waals surface area contributed by atoms with Crippen molar-refractivity contribution in [3.05, 3.63) is 29.8 Å². The Morgan fingerprint density at radius 2 is 1.24 bits per heavy atom. The molecule has 0 aliphatic heterocycles. The van der Waals surface area contributed by atoms with Crippen LogP contribution in [-0.4, -0.2) is 78.6 Å². The monoisotopic (exact) mass is 525 g/mol. The van der Waals surface area contributed by atoms with E-state index in [0.29, 0.717) is 66.1 Å². The molecule has 0 radical (unpaired) electrons. The fraction of sp³-hybridized carbons (Fsp3) is 0.650. The van der Waals surface area contributed by atoms with E-state index >= 15 is 0 Å². The minimum atomic E-state index is -0.138. The highest BCUT2D eigenvalue weighted by atomic mass is 127. The second-order valence-electron chi connectivity index (χ2n) is 6.03. The van der Waals surface area contributed by atoms with Gasteiger partial charge in [0.1, 0.15) is 19.0 Å². The van der Waals surface area contributed by atoms with Gasteiger partial charge in [0.25, 0.3) is 5.91 Å². The van der Waals surface area contributed by atoms with Crippen LogP contribution in [0.4, 0.5) is 0 Å². The van der Waals surface area contributed by atoms with Crippen LogP contribution in [-0.2, 0) is 28.5 Å². The van der Waals surface area contributed by atoms with Crippen LogP contribution < -0.4 is 8.27 Å². The number of aryl methyl sites for hydroxylation is 1. The van der Waals surface area contributed by atoms with Gasteiger partial charge in [-0.2, -0.15) is 0 Å². The summed E-state index contributed by atoms with van der Waals surface area (Å²) in [6.45, 7) is 7.41. The van der Waals surface area contributed by atoms with Crippen molar-refractivity contribution in [3.63, 3.8) is 0 Å². The number of carbonyl (C=O) groups is 1. The summed E-state index contributed by atoms with van der Waals surface area (Å²) in [5.74, 6) is 0.714. The van der Waals surface area contributed by atoms with Gasteiger partial charge in [0.15, 0.2) is 0 Å². The average molecular weight is 525 g/mol. The number of hydrogen-bond acceptors (Lipinski definition) is 7. The van der Waals surface area contributed by atoms with Crippen LogP contribution in [0.25, 0.3) is 0 Å². The van der Waals surface area contributed by atoms with Gasteiger partial charge in [0.2, 0.25) is 0 Å². The van der Waals surface area contributed by atoms with Crippen molar-refractivity contribution in [1.82, 2.24) is 3.53 Å². The van der Waals surface area contributed by atoms with E-state index in [9.17, 15) is 4.79 Å². The van der Waals surface area contributed by atoms with Gasteiger partial charge in [-0.1, -0.05) is 17.7 Å². The molecule has 0 fully saturated rings. The molecule has 0 heterocycles. The maximum atomic E-state index is 10.9. The third kappa shape index (κ3) is 16.5. The molecule has 8 nitrogen and oxygen atoms in total. The van der Waals surface area contributed by atoms with E-state index in [-0.39, 0.29) is 12.5 Å². The van der Waals surface area contributed by atoms with Crippen LogP contribution in [0.1, 0.15) is 12.0 Å². The lowest BCUT2D eigenvalue weighted by molar-refractivity contribution is -0.123. The molecule has 0 aromatic heterocycles. The zero-order valence-corrected chi connectivity index (χ0v) is 19.2. The van der Waals surface area contributed by atoms with Gasteiger partial charge in [-0.15, -0.1) is 0 Å². The van der Waals surface area contributed by atoms with E-state index in [4.69, 9.17) is 28.4 Å². The van der Waals surface area contributed by atoms with Gasteiger partial charge in [0.05, 0.1) is 69.1 Å². The maximum Gasteiger partial charge on any atom is 0.254 e. The minimum absolute atomic E-state index is 0.0816. The summed E-state index contributed by atoms with van der Waals surface area (Å²) < 4.78 is 34.9. The number of rotatable bonds is 19. The van der Waals surface area contributed by atoms with Gasteiger partial charge in [-0.05, 0) is 25.5 Å². The smallest absolute Gasteiger partial charge is 0.254 e. The number of benzene rings is 1. The van der Waals surface area contributed by atoms with Crippen LogP contribution in [0.2, 0.25) is 0 Å². The molecule has 0 bridgehead atoms. The van der Waals surface area contributed by atoms with E-state index < -0.39 is 0 Å². The predicted molar refractivity (Wildman–Crippen MR) is 118 cm³/mol. The molecule has 0 atom stereocenters. The third-order valence-electron chi connectivity index (χ3n) is 3.55. The van der Waals surface area contributed by atoms with Gasteiger partial charge < -0.3 is 28.4 Å². The van der Waals surface area contributed by atoms with Crippen molar-refractivity contribution >= 4 is 28.8 Å². The van der Waals surface area contributed by atoms with Crippen LogP contribution in [0.5, 0.6) is 5.75 Å². The largest absolute Gasteiger partial charge is 0.491 e. The molecule has 0 saturated heterocycles. The molecule has 1 aromatic carbocycles. The normalized spacial score (nSPS) is 10.8. The Kier molecular flexibility index (Phi) is 17.1. The first-order valence-electron chi connectivity index (χ1n) is 9.70. The summed E-state index contributed by atoms with van der Waals surface area (Å²) >= 11 is 1.78. The fourth-order valence-corrected chi connectivity index (χ4v) is 2.23. The second-order valence-corrected chi connectivity index (χ2v) is 6.57. The number of hydrogen-bond donors (Lipinski definition) is 1. The Morgan fingerprint density at radius 1 is 0.759 bits per heavy atom. The summed E-state index contributed by atoms with van der Waals surface area (Å²) in [5, 5.41) is 0. The summed E-state index contributed by atoms with van der Waals surface area (Å²) in [4.78, 5) is 10.9. The summed E-state index contributed by atoms with van der Waals surface area (Å²) in [6.07, 6.45) is 0.744. The Labute approximate surface area is 187 Å².